The zero-order valence-electron chi connectivity index (χ0n) is 10.3. The highest BCUT2D eigenvalue weighted by Gasteiger charge is 2.19. The van der Waals surface area contributed by atoms with E-state index in [1.165, 1.54) is 23.9 Å². The van der Waals surface area contributed by atoms with E-state index in [-0.39, 0.29) is 17.2 Å². The van der Waals surface area contributed by atoms with Crippen molar-refractivity contribution in [1.29, 1.82) is 0 Å². The largest absolute Gasteiger partial charge is 0.461 e. The molecule has 0 aliphatic heterocycles. The zero-order chi connectivity index (χ0) is 13.8. The molecule has 2 N–H and O–H groups in total. The topological polar surface area (TPSA) is 101 Å². The van der Waals surface area contributed by atoms with E-state index < -0.39 is 16.0 Å². The van der Waals surface area contributed by atoms with Gasteiger partial charge in [-0.05, 0) is 13.0 Å². The lowest BCUT2D eigenvalue weighted by molar-refractivity contribution is 0.0511. The van der Waals surface area contributed by atoms with Crippen LogP contribution >= 0.6 is 0 Å². The summed E-state index contributed by atoms with van der Waals surface area (Å²) >= 11 is 0. The Morgan fingerprint density at radius 3 is 2.67 bits per heavy atom. The number of nitrogens with two attached hydrogens (primary N) is 1. The third-order valence-corrected chi connectivity index (χ3v) is 3.10. The number of hydrogen-bond donors (Lipinski definition) is 1. The van der Waals surface area contributed by atoms with Crippen molar-refractivity contribution in [2.24, 2.45) is 5.14 Å². The fourth-order valence-electron chi connectivity index (χ4n) is 1.39. The molecule has 1 aromatic heterocycles. The highest BCUT2D eigenvalue weighted by Crippen LogP contribution is 2.14. The van der Waals surface area contributed by atoms with Crippen molar-refractivity contribution in [3.8, 4) is 0 Å². The summed E-state index contributed by atoms with van der Waals surface area (Å²) in [6.45, 7) is 2.55. The van der Waals surface area contributed by atoms with Crippen molar-refractivity contribution in [3.05, 3.63) is 18.0 Å². The number of hydrogen-bond acceptors (Lipinski definition) is 5. The average Bonchev–Trinajstić information content (AvgIpc) is 2.70. The highest BCUT2D eigenvalue weighted by molar-refractivity contribution is 7.89. The van der Waals surface area contributed by atoms with Crippen LogP contribution in [-0.2, 0) is 26.0 Å². The van der Waals surface area contributed by atoms with Crippen LogP contribution in [0.3, 0.4) is 0 Å². The van der Waals surface area contributed by atoms with E-state index in [4.69, 9.17) is 14.6 Å². The Kier molecular flexibility index (Phi) is 4.88. The Balaban J connectivity index is 3.12. The van der Waals surface area contributed by atoms with Crippen molar-refractivity contribution in [3.63, 3.8) is 0 Å². The van der Waals surface area contributed by atoms with Crippen molar-refractivity contribution in [1.82, 2.24) is 4.57 Å². The van der Waals surface area contributed by atoms with Crippen LogP contribution < -0.4 is 5.14 Å². The zero-order valence-corrected chi connectivity index (χ0v) is 11.1. The standard InChI is InChI=1S/C10H16N2O5S/c1-3-17-10(13)9-6-8(18(11,14)15)7-12(9)4-5-16-2/h6-7H,3-5H2,1-2H3,(H2,11,14,15). The van der Waals surface area contributed by atoms with Gasteiger partial charge in [0.25, 0.3) is 0 Å². The Morgan fingerprint density at radius 2 is 2.17 bits per heavy atom. The highest BCUT2D eigenvalue weighted by atomic mass is 32.2. The average molecular weight is 276 g/mol. The fraction of sp³-hybridized carbons (Fsp3) is 0.500. The third-order valence-electron chi connectivity index (χ3n) is 2.22. The van der Waals surface area contributed by atoms with Crippen LogP contribution in [0.25, 0.3) is 0 Å². The number of methoxy groups -OCH3 is 1. The van der Waals surface area contributed by atoms with E-state index >= 15 is 0 Å². The van der Waals surface area contributed by atoms with Gasteiger partial charge in [0.2, 0.25) is 10.0 Å². The molecular formula is C10H16N2O5S. The number of carbonyl (C=O) groups is 1. The second-order valence-electron chi connectivity index (χ2n) is 3.51. The first-order chi connectivity index (χ1) is 8.40. The van der Waals surface area contributed by atoms with E-state index in [1.807, 2.05) is 0 Å². The van der Waals surface area contributed by atoms with Crippen molar-refractivity contribution in [2.75, 3.05) is 20.3 Å². The number of carbonyl (C=O) groups excluding carboxylic acids is 1. The minimum absolute atomic E-state index is 0.123. The fourth-order valence-corrected chi connectivity index (χ4v) is 1.94. The molecular weight excluding hydrogens is 260 g/mol. The molecule has 8 heteroatoms. The van der Waals surface area contributed by atoms with Crippen LogP contribution in [-0.4, -0.2) is 39.3 Å². The van der Waals surface area contributed by atoms with Gasteiger partial charge in [-0.2, -0.15) is 0 Å². The molecule has 0 atom stereocenters. The molecule has 0 aliphatic rings. The first-order valence-electron chi connectivity index (χ1n) is 5.29. The van der Waals surface area contributed by atoms with E-state index in [0.29, 0.717) is 13.2 Å². The number of aromatic nitrogens is 1. The summed E-state index contributed by atoms with van der Waals surface area (Å²) in [5.74, 6) is -0.594. The summed E-state index contributed by atoms with van der Waals surface area (Å²) in [7, 11) is -2.34. The van der Waals surface area contributed by atoms with Crippen molar-refractivity contribution >= 4 is 16.0 Å². The van der Waals surface area contributed by atoms with Gasteiger partial charge in [-0.1, -0.05) is 0 Å². The third kappa shape index (κ3) is 3.56. The van der Waals surface area contributed by atoms with Crippen LogP contribution in [0.2, 0.25) is 0 Å². The summed E-state index contributed by atoms with van der Waals surface area (Å²) in [5, 5.41) is 5.02. The van der Waals surface area contributed by atoms with Crippen molar-refractivity contribution in [2.45, 2.75) is 18.4 Å². The molecule has 0 saturated carbocycles. The lowest BCUT2D eigenvalue weighted by atomic mass is 10.4. The Morgan fingerprint density at radius 1 is 1.50 bits per heavy atom. The number of sulfonamides is 1. The van der Waals surface area contributed by atoms with Gasteiger partial charge in [0, 0.05) is 19.9 Å². The molecule has 0 amide bonds. The molecule has 1 aromatic rings. The number of nitrogens with zero attached hydrogens (tertiary/aromatic N) is 1. The molecule has 7 nitrogen and oxygen atoms in total. The van der Waals surface area contributed by atoms with Gasteiger partial charge in [0.15, 0.2) is 0 Å². The molecule has 0 bridgehead atoms. The van der Waals surface area contributed by atoms with E-state index in [0.717, 1.165) is 0 Å². The van der Waals surface area contributed by atoms with Gasteiger partial charge in [-0.25, -0.2) is 18.4 Å². The molecule has 1 heterocycles. The molecule has 18 heavy (non-hydrogen) atoms. The maximum absolute atomic E-state index is 11.6. The minimum atomic E-state index is -3.85. The number of primary sulfonamides is 1. The van der Waals surface area contributed by atoms with Gasteiger partial charge < -0.3 is 14.0 Å². The second kappa shape index (κ2) is 5.98. The number of esters is 1. The predicted octanol–water partition coefficient (Wildman–Crippen LogP) is -0.0414. The maximum Gasteiger partial charge on any atom is 0.354 e. The quantitative estimate of drug-likeness (QED) is 0.735. The summed E-state index contributed by atoms with van der Waals surface area (Å²) in [4.78, 5) is 11.5. The van der Waals surface area contributed by atoms with Crippen LogP contribution in [0.15, 0.2) is 17.2 Å². The van der Waals surface area contributed by atoms with Crippen LogP contribution in [0, 0.1) is 0 Å². The molecule has 0 aromatic carbocycles. The maximum atomic E-state index is 11.6. The first kappa shape index (κ1) is 14.7. The Hall–Kier alpha value is -1.38. The van der Waals surface area contributed by atoms with Gasteiger partial charge in [0.05, 0.1) is 13.2 Å². The van der Waals surface area contributed by atoms with Gasteiger partial charge in [-0.3, -0.25) is 0 Å². The van der Waals surface area contributed by atoms with Crippen LogP contribution in [0.1, 0.15) is 17.4 Å². The number of rotatable bonds is 6. The normalized spacial score (nSPS) is 11.5. The Bertz CT molecular complexity index is 520. The van der Waals surface area contributed by atoms with Crippen LogP contribution in [0.4, 0.5) is 0 Å². The lowest BCUT2D eigenvalue weighted by Gasteiger charge is -2.07. The summed E-state index contributed by atoms with van der Waals surface area (Å²) < 4.78 is 33.6. The van der Waals surface area contributed by atoms with Crippen molar-refractivity contribution < 1.29 is 22.7 Å². The molecule has 1 rings (SSSR count). The minimum Gasteiger partial charge on any atom is -0.461 e. The van der Waals surface area contributed by atoms with Gasteiger partial charge in [0.1, 0.15) is 10.6 Å². The van der Waals surface area contributed by atoms with Crippen LogP contribution in [0.5, 0.6) is 0 Å². The molecule has 0 fully saturated rings. The summed E-state index contributed by atoms with van der Waals surface area (Å²) in [5.41, 5.74) is 0.137. The first-order valence-corrected chi connectivity index (χ1v) is 6.83. The smallest absolute Gasteiger partial charge is 0.354 e. The predicted molar refractivity (Wildman–Crippen MR) is 63.6 cm³/mol. The van der Waals surface area contributed by atoms with Gasteiger partial charge >= 0.3 is 5.97 Å². The monoisotopic (exact) mass is 276 g/mol. The molecule has 0 unspecified atom stereocenters. The second-order valence-corrected chi connectivity index (χ2v) is 5.07. The summed E-state index contributed by atoms with van der Waals surface area (Å²) in [6, 6.07) is 1.20. The number of ether oxygens (including phenoxy) is 2. The molecule has 0 saturated heterocycles. The lowest BCUT2D eigenvalue weighted by Crippen LogP contribution is -2.13. The Labute approximate surface area is 106 Å². The molecule has 0 aliphatic carbocycles. The molecule has 0 spiro atoms. The molecule has 102 valence electrons. The van der Waals surface area contributed by atoms with E-state index in [1.54, 1.807) is 6.92 Å². The van der Waals surface area contributed by atoms with E-state index in [9.17, 15) is 13.2 Å². The van der Waals surface area contributed by atoms with E-state index in [2.05, 4.69) is 0 Å². The SMILES string of the molecule is CCOC(=O)c1cc(S(N)(=O)=O)cn1CCOC. The summed E-state index contributed by atoms with van der Waals surface area (Å²) in [6.07, 6.45) is 1.29. The molecule has 0 radical (unpaired) electrons. The van der Waals surface area contributed by atoms with Gasteiger partial charge in [-0.15, -0.1) is 0 Å².